The van der Waals surface area contributed by atoms with Crippen LogP contribution in [0.25, 0.3) is 0 Å². The van der Waals surface area contributed by atoms with E-state index in [1.807, 2.05) is 0 Å². The van der Waals surface area contributed by atoms with Crippen molar-refractivity contribution >= 4 is 0 Å². The first-order chi connectivity index (χ1) is 7.58. The molecule has 1 fully saturated rings. The number of hydrogen-bond acceptors (Lipinski definition) is 2. The average Bonchev–Trinajstić information content (AvgIpc) is 2.26. The van der Waals surface area contributed by atoms with Gasteiger partial charge in [-0.25, -0.2) is 0 Å². The molecule has 3 N–H and O–H groups in total. The molecule has 1 saturated carbocycles. The number of allylic oxidation sites excluding steroid dienone is 1. The van der Waals surface area contributed by atoms with Crippen LogP contribution in [-0.4, -0.2) is 18.6 Å². The highest BCUT2D eigenvalue weighted by molar-refractivity contribution is 5.03. The summed E-state index contributed by atoms with van der Waals surface area (Å²) in [7, 11) is 0. The molecule has 0 aliphatic heterocycles. The lowest BCUT2D eigenvalue weighted by molar-refractivity contribution is 0.0699. The van der Waals surface area contributed by atoms with Crippen LogP contribution in [0.15, 0.2) is 12.2 Å². The van der Waals surface area contributed by atoms with Gasteiger partial charge in [-0.1, -0.05) is 38.8 Å². The van der Waals surface area contributed by atoms with Gasteiger partial charge in [0.25, 0.3) is 0 Å². The molecule has 0 spiro atoms. The summed E-state index contributed by atoms with van der Waals surface area (Å²) in [5, 5.41) is 3.73. The van der Waals surface area contributed by atoms with E-state index >= 15 is 0 Å². The summed E-state index contributed by atoms with van der Waals surface area (Å²) in [5.41, 5.74) is 6.54. The minimum Gasteiger partial charge on any atom is -0.329 e. The van der Waals surface area contributed by atoms with Gasteiger partial charge in [-0.15, -0.1) is 0 Å². The van der Waals surface area contributed by atoms with E-state index in [2.05, 4.69) is 38.2 Å². The number of rotatable bonds is 5. The smallest absolute Gasteiger partial charge is 0.0355 e. The quantitative estimate of drug-likeness (QED) is 0.556. The topological polar surface area (TPSA) is 38.0 Å². The van der Waals surface area contributed by atoms with E-state index in [9.17, 15) is 0 Å². The molecule has 0 bridgehead atoms. The summed E-state index contributed by atoms with van der Waals surface area (Å²) in [6.07, 6.45) is 10.6. The van der Waals surface area contributed by atoms with E-state index < -0.39 is 0 Å². The van der Waals surface area contributed by atoms with Crippen LogP contribution in [0.1, 0.15) is 52.9 Å². The van der Waals surface area contributed by atoms with Gasteiger partial charge in [-0.2, -0.15) is 0 Å². The second-order valence-electron chi connectivity index (χ2n) is 5.66. The van der Waals surface area contributed by atoms with E-state index in [-0.39, 0.29) is 5.54 Å². The molecular formula is C14H28N2. The Morgan fingerprint density at radius 3 is 2.50 bits per heavy atom. The average molecular weight is 224 g/mol. The van der Waals surface area contributed by atoms with Gasteiger partial charge in [-0.05, 0) is 38.1 Å². The summed E-state index contributed by atoms with van der Waals surface area (Å²) in [6, 6.07) is 0. The van der Waals surface area contributed by atoms with Crippen LogP contribution in [0.3, 0.4) is 0 Å². The molecule has 2 nitrogen and oxygen atoms in total. The van der Waals surface area contributed by atoms with Crippen molar-refractivity contribution in [3.63, 3.8) is 0 Å². The predicted octanol–water partition coefficient (Wildman–Crippen LogP) is 2.84. The third-order valence-corrected chi connectivity index (χ3v) is 4.31. The highest BCUT2D eigenvalue weighted by Crippen LogP contribution is 2.43. The second kappa shape index (κ2) is 5.83. The van der Waals surface area contributed by atoms with Crippen molar-refractivity contribution in [3.8, 4) is 0 Å². The van der Waals surface area contributed by atoms with Crippen LogP contribution >= 0.6 is 0 Å². The van der Waals surface area contributed by atoms with Gasteiger partial charge in [0.2, 0.25) is 0 Å². The van der Waals surface area contributed by atoms with E-state index in [0.717, 1.165) is 19.5 Å². The lowest BCUT2D eigenvalue weighted by Crippen LogP contribution is -2.62. The van der Waals surface area contributed by atoms with E-state index in [0.29, 0.717) is 5.41 Å². The largest absolute Gasteiger partial charge is 0.329 e. The fourth-order valence-electron chi connectivity index (χ4n) is 2.91. The first-order valence-corrected chi connectivity index (χ1v) is 6.64. The molecule has 0 aromatic carbocycles. The highest BCUT2D eigenvalue weighted by atomic mass is 15.0. The Kier molecular flexibility index (Phi) is 5.00. The second-order valence-corrected chi connectivity index (χ2v) is 5.66. The van der Waals surface area contributed by atoms with Crippen molar-refractivity contribution in [1.29, 1.82) is 0 Å². The molecule has 0 radical (unpaired) electrons. The van der Waals surface area contributed by atoms with Crippen LogP contribution in [0, 0.1) is 5.41 Å². The molecule has 0 aromatic rings. The Balaban J connectivity index is 2.59. The Morgan fingerprint density at radius 2 is 1.94 bits per heavy atom. The van der Waals surface area contributed by atoms with Gasteiger partial charge in [0, 0.05) is 12.1 Å². The zero-order valence-corrected chi connectivity index (χ0v) is 11.2. The van der Waals surface area contributed by atoms with Crippen LogP contribution in [0.2, 0.25) is 0 Å². The Hall–Kier alpha value is -0.340. The predicted molar refractivity (Wildman–Crippen MR) is 71.5 cm³/mol. The molecular weight excluding hydrogens is 196 g/mol. The fourth-order valence-corrected chi connectivity index (χ4v) is 2.91. The summed E-state index contributed by atoms with van der Waals surface area (Å²) in [4.78, 5) is 0. The number of nitrogens with one attached hydrogen (secondary N) is 1. The Bertz CT molecular complexity index is 233. The minimum atomic E-state index is 0.160. The van der Waals surface area contributed by atoms with Crippen molar-refractivity contribution in [2.24, 2.45) is 11.1 Å². The van der Waals surface area contributed by atoms with Crippen LogP contribution < -0.4 is 11.1 Å². The van der Waals surface area contributed by atoms with Gasteiger partial charge < -0.3 is 11.1 Å². The molecule has 0 saturated heterocycles. The molecule has 0 amide bonds. The SMILES string of the molecule is C/C=C/CCNC1(CN)CCCCC1(C)C. The molecule has 0 heterocycles. The first kappa shape index (κ1) is 13.7. The zero-order valence-electron chi connectivity index (χ0n) is 11.2. The maximum atomic E-state index is 6.05. The molecule has 1 rings (SSSR count). The standard InChI is InChI=1S/C14H28N2/c1-4-5-8-11-16-14(12-15)10-7-6-9-13(14,2)3/h4-5,16H,6-12,15H2,1-3H3/b5-4+. The lowest BCUT2D eigenvalue weighted by atomic mass is 9.63. The summed E-state index contributed by atoms with van der Waals surface area (Å²) < 4.78 is 0. The van der Waals surface area contributed by atoms with Crippen molar-refractivity contribution in [3.05, 3.63) is 12.2 Å². The van der Waals surface area contributed by atoms with Crippen LogP contribution in [0.4, 0.5) is 0 Å². The Morgan fingerprint density at radius 1 is 1.25 bits per heavy atom. The van der Waals surface area contributed by atoms with Crippen molar-refractivity contribution < 1.29 is 0 Å². The van der Waals surface area contributed by atoms with E-state index in [1.54, 1.807) is 0 Å². The molecule has 1 atom stereocenters. The zero-order chi connectivity index (χ0) is 12.1. The van der Waals surface area contributed by atoms with Gasteiger partial charge in [0.15, 0.2) is 0 Å². The highest BCUT2D eigenvalue weighted by Gasteiger charge is 2.44. The normalized spacial score (nSPS) is 29.8. The van der Waals surface area contributed by atoms with Gasteiger partial charge in [0.1, 0.15) is 0 Å². The molecule has 0 aromatic heterocycles. The number of nitrogens with two attached hydrogens (primary N) is 1. The van der Waals surface area contributed by atoms with Gasteiger partial charge in [0.05, 0.1) is 0 Å². The minimum absolute atomic E-state index is 0.160. The van der Waals surface area contributed by atoms with Crippen LogP contribution in [0.5, 0.6) is 0 Å². The molecule has 16 heavy (non-hydrogen) atoms. The molecule has 1 unspecified atom stereocenters. The maximum absolute atomic E-state index is 6.05. The van der Waals surface area contributed by atoms with E-state index in [1.165, 1.54) is 25.7 Å². The summed E-state index contributed by atoms with van der Waals surface area (Å²) in [6.45, 7) is 8.60. The third kappa shape index (κ3) is 2.86. The molecule has 1 aliphatic rings. The fraction of sp³-hybridized carbons (Fsp3) is 0.857. The number of hydrogen-bond donors (Lipinski definition) is 2. The maximum Gasteiger partial charge on any atom is 0.0355 e. The molecule has 1 aliphatic carbocycles. The summed E-state index contributed by atoms with van der Waals surface area (Å²) in [5.74, 6) is 0. The first-order valence-electron chi connectivity index (χ1n) is 6.64. The monoisotopic (exact) mass is 224 g/mol. The van der Waals surface area contributed by atoms with Crippen LogP contribution in [-0.2, 0) is 0 Å². The third-order valence-electron chi connectivity index (χ3n) is 4.31. The Labute approximate surface area is 101 Å². The molecule has 94 valence electrons. The van der Waals surface area contributed by atoms with E-state index in [4.69, 9.17) is 5.73 Å². The molecule has 2 heteroatoms. The lowest BCUT2D eigenvalue weighted by Gasteiger charge is -2.50. The van der Waals surface area contributed by atoms with Gasteiger partial charge in [-0.3, -0.25) is 0 Å². The van der Waals surface area contributed by atoms with Gasteiger partial charge >= 0.3 is 0 Å². The van der Waals surface area contributed by atoms with Crippen molar-refractivity contribution in [2.75, 3.05) is 13.1 Å². The van der Waals surface area contributed by atoms with Crippen molar-refractivity contribution in [1.82, 2.24) is 5.32 Å². The van der Waals surface area contributed by atoms with Crippen molar-refractivity contribution in [2.45, 2.75) is 58.4 Å². The summed E-state index contributed by atoms with van der Waals surface area (Å²) >= 11 is 0.